The predicted octanol–water partition coefficient (Wildman–Crippen LogP) is 7.55. The molecule has 3 aromatic carbocycles. The van der Waals surface area contributed by atoms with Gasteiger partial charge in [0, 0.05) is 36.6 Å². The number of halogens is 1. The molecule has 0 spiro atoms. The molecule has 5 aromatic rings. The number of nitrogens with one attached hydrogen (secondary N) is 2. The molecule has 0 aliphatic carbocycles. The average molecular weight is 621 g/mol. The average Bonchev–Trinajstić information content (AvgIpc) is 3.43. The number of pyridine rings is 1. The highest BCUT2D eigenvalue weighted by Gasteiger charge is 2.28. The maximum absolute atomic E-state index is 14.4. The third-order valence-corrected chi connectivity index (χ3v) is 9.13. The Morgan fingerprint density at radius 1 is 1.00 bits per heavy atom. The molecule has 7 nitrogen and oxygen atoms in total. The number of amides is 2. The van der Waals surface area contributed by atoms with Gasteiger partial charge in [0.25, 0.3) is 11.8 Å². The van der Waals surface area contributed by atoms with Crippen molar-refractivity contribution >= 4 is 40.3 Å². The highest BCUT2D eigenvalue weighted by Crippen LogP contribution is 2.42. The molecule has 6 rings (SSSR count). The Balaban J connectivity index is 1.22. The van der Waals surface area contributed by atoms with Gasteiger partial charge < -0.3 is 20.3 Å². The third kappa shape index (κ3) is 6.50. The molecule has 45 heavy (non-hydrogen) atoms. The van der Waals surface area contributed by atoms with Crippen molar-refractivity contribution in [2.75, 3.05) is 42.3 Å². The second-order valence-electron chi connectivity index (χ2n) is 10.9. The molecule has 0 saturated carbocycles. The number of para-hydroxylation sites is 2. The van der Waals surface area contributed by atoms with Gasteiger partial charge in [-0.15, -0.1) is 11.3 Å². The van der Waals surface area contributed by atoms with Crippen molar-refractivity contribution in [2.24, 2.45) is 0 Å². The summed E-state index contributed by atoms with van der Waals surface area (Å²) in [5.74, 6) is -0.303. The number of ether oxygens (including phenoxy) is 1. The fourth-order valence-electron chi connectivity index (χ4n) is 5.60. The predicted molar refractivity (Wildman–Crippen MR) is 178 cm³/mol. The lowest BCUT2D eigenvalue weighted by molar-refractivity contribution is 0.0981. The van der Waals surface area contributed by atoms with Gasteiger partial charge in [0.2, 0.25) is 0 Å². The van der Waals surface area contributed by atoms with E-state index < -0.39 is 5.82 Å². The Hall–Kier alpha value is -4.86. The minimum Gasteiger partial charge on any atom is -0.384 e. The van der Waals surface area contributed by atoms with Gasteiger partial charge in [0.15, 0.2) is 0 Å². The van der Waals surface area contributed by atoms with Gasteiger partial charge in [-0.2, -0.15) is 0 Å². The zero-order valence-corrected chi connectivity index (χ0v) is 25.9. The smallest absolute Gasteiger partial charge is 0.276 e. The first-order valence-electron chi connectivity index (χ1n) is 14.8. The molecule has 1 unspecified atom stereocenters. The van der Waals surface area contributed by atoms with Crippen LogP contribution in [-0.4, -0.2) is 43.6 Å². The van der Waals surface area contributed by atoms with Crippen LogP contribution in [0.5, 0.6) is 0 Å². The summed E-state index contributed by atoms with van der Waals surface area (Å²) in [5.41, 5.74) is 4.92. The number of carbonyl (C=O) groups excluding carboxylic acids is 2. The lowest BCUT2D eigenvalue weighted by Gasteiger charge is -2.23. The van der Waals surface area contributed by atoms with Crippen LogP contribution in [0.15, 0.2) is 97.1 Å². The van der Waals surface area contributed by atoms with Gasteiger partial charge in [-0.1, -0.05) is 66.7 Å². The number of benzene rings is 3. The maximum atomic E-state index is 14.4. The summed E-state index contributed by atoms with van der Waals surface area (Å²) < 4.78 is 19.9. The number of hydrogen-bond acceptors (Lipinski definition) is 6. The molecule has 2 N–H and O–H groups in total. The molecule has 1 aliphatic rings. The summed E-state index contributed by atoms with van der Waals surface area (Å²) in [7, 11) is 1.69. The molecule has 1 atom stereocenters. The molecule has 1 aliphatic heterocycles. The number of thiophene rings is 1. The summed E-state index contributed by atoms with van der Waals surface area (Å²) >= 11 is 1.35. The highest BCUT2D eigenvalue weighted by atomic mass is 32.1. The van der Waals surface area contributed by atoms with Crippen molar-refractivity contribution in [2.45, 2.75) is 19.3 Å². The number of aryl methyl sites for hydroxylation is 1. The molecular formula is C36H33FN4O3S. The molecule has 0 radical (unpaired) electrons. The Morgan fingerprint density at radius 3 is 2.58 bits per heavy atom. The first-order valence-corrected chi connectivity index (χ1v) is 15.6. The van der Waals surface area contributed by atoms with E-state index in [1.54, 1.807) is 37.1 Å². The molecule has 0 fully saturated rings. The van der Waals surface area contributed by atoms with Crippen molar-refractivity contribution in [3.63, 3.8) is 0 Å². The van der Waals surface area contributed by atoms with Crippen molar-refractivity contribution in [3.8, 4) is 10.4 Å². The van der Waals surface area contributed by atoms with Crippen molar-refractivity contribution < 1.29 is 18.7 Å². The first-order chi connectivity index (χ1) is 21.9. The lowest BCUT2D eigenvalue weighted by atomic mass is 10.00. The maximum Gasteiger partial charge on any atom is 0.276 e. The number of nitrogens with zero attached hydrogens (tertiary/aromatic N) is 2. The Morgan fingerprint density at radius 2 is 1.78 bits per heavy atom. The molecular weight excluding hydrogens is 587 g/mol. The van der Waals surface area contributed by atoms with E-state index in [0.29, 0.717) is 48.1 Å². The van der Waals surface area contributed by atoms with E-state index in [1.807, 2.05) is 60.7 Å². The molecule has 2 aromatic heterocycles. The van der Waals surface area contributed by atoms with Crippen LogP contribution < -0.4 is 15.5 Å². The summed E-state index contributed by atoms with van der Waals surface area (Å²) in [4.78, 5) is 35.0. The van der Waals surface area contributed by atoms with Gasteiger partial charge in [-0.25, -0.2) is 9.37 Å². The van der Waals surface area contributed by atoms with Crippen molar-refractivity contribution in [1.29, 1.82) is 0 Å². The number of fused-ring (bicyclic) bond motifs is 3. The lowest BCUT2D eigenvalue weighted by Crippen LogP contribution is -2.33. The SMILES string of the molecule is COCC(CNc1cccc(C(=O)N2CCc3cc(C(=O)Nc4c(C)cccc4F)sc3-c3ccccc32)n1)c1ccccc1. The number of rotatable bonds is 9. The van der Waals surface area contributed by atoms with Crippen LogP contribution in [0.2, 0.25) is 0 Å². The van der Waals surface area contributed by atoms with Crippen LogP contribution in [0, 0.1) is 12.7 Å². The van der Waals surface area contributed by atoms with Gasteiger partial charge in [0.1, 0.15) is 17.3 Å². The Bertz CT molecular complexity index is 1820. The molecule has 9 heteroatoms. The standard InChI is InChI=1S/C36H33FN4O3S/c1-23-10-8-14-28(37)33(23)40-35(42)31-20-25-18-19-41(30-16-7-6-13-27(30)34(25)45-31)36(43)29-15-9-17-32(39-29)38-21-26(22-44-2)24-11-4-3-5-12-24/h3-17,20,26H,18-19,21-22H2,1-2H3,(H,38,39)(H,40,42). The molecule has 3 heterocycles. The van der Waals surface area contributed by atoms with E-state index in [-0.39, 0.29) is 23.4 Å². The Labute approximate surface area is 265 Å². The van der Waals surface area contributed by atoms with Gasteiger partial charge in [-0.05, 0) is 60.4 Å². The van der Waals surface area contributed by atoms with Crippen LogP contribution in [-0.2, 0) is 11.2 Å². The van der Waals surface area contributed by atoms with E-state index in [1.165, 1.54) is 17.4 Å². The quantitative estimate of drug-likeness (QED) is 0.178. The van der Waals surface area contributed by atoms with E-state index in [9.17, 15) is 14.0 Å². The topological polar surface area (TPSA) is 83.6 Å². The highest BCUT2D eigenvalue weighted by molar-refractivity contribution is 7.17. The van der Waals surface area contributed by atoms with Crippen LogP contribution in [0.1, 0.15) is 42.8 Å². The van der Waals surface area contributed by atoms with E-state index >= 15 is 0 Å². The fraction of sp³-hybridized carbons (Fsp3) is 0.194. The summed E-state index contributed by atoms with van der Waals surface area (Å²) in [5, 5.41) is 6.13. The third-order valence-electron chi connectivity index (χ3n) is 7.92. The fourth-order valence-corrected chi connectivity index (χ4v) is 6.74. The summed E-state index contributed by atoms with van der Waals surface area (Å²) in [6.07, 6.45) is 0.548. The van der Waals surface area contributed by atoms with Crippen LogP contribution >= 0.6 is 11.3 Å². The first kappa shape index (κ1) is 30.2. The number of hydrogen-bond donors (Lipinski definition) is 2. The summed E-state index contributed by atoms with van der Waals surface area (Å²) in [6, 6.07) is 29.8. The largest absolute Gasteiger partial charge is 0.384 e. The molecule has 0 saturated heterocycles. The van der Waals surface area contributed by atoms with E-state index in [2.05, 4.69) is 27.8 Å². The zero-order valence-electron chi connectivity index (χ0n) is 25.0. The van der Waals surface area contributed by atoms with Crippen LogP contribution in [0.4, 0.5) is 21.6 Å². The Kier molecular flexibility index (Phi) is 9.00. The van der Waals surface area contributed by atoms with Crippen LogP contribution in [0.3, 0.4) is 0 Å². The monoisotopic (exact) mass is 620 g/mol. The molecule has 228 valence electrons. The number of anilines is 3. The summed E-state index contributed by atoms with van der Waals surface area (Å²) in [6.45, 7) is 3.32. The number of aromatic nitrogens is 1. The normalized spacial score (nSPS) is 12.9. The number of methoxy groups -OCH3 is 1. The van der Waals surface area contributed by atoms with Gasteiger partial charge in [-0.3, -0.25) is 9.59 Å². The van der Waals surface area contributed by atoms with Crippen molar-refractivity contribution in [1.82, 2.24) is 4.98 Å². The van der Waals surface area contributed by atoms with E-state index in [4.69, 9.17) is 4.74 Å². The van der Waals surface area contributed by atoms with Crippen molar-refractivity contribution in [3.05, 3.63) is 130 Å². The van der Waals surface area contributed by atoms with Gasteiger partial charge >= 0.3 is 0 Å². The number of carbonyl (C=O) groups is 2. The molecule has 2 amide bonds. The molecule has 0 bridgehead atoms. The minimum atomic E-state index is -0.472. The zero-order chi connectivity index (χ0) is 31.3. The minimum absolute atomic E-state index is 0.122. The van der Waals surface area contributed by atoms with Crippen LogP contribution in [0.25, 0.3) is 10.4 Å². The van der Waals surface area contributed by atoms with Gasteiger partial charge in [0.05, 0.1) is 22.9 Å². The van der Waals surface area contributed by atoms with E-state index in [0.717, 1.165) is 27.3 Å². The second kappa shape index (κ2) is 13.4. The second-order valence-corrected chi connectivity index (χ2v) is 12.0.